The van der Waals surface area contributed by atoms with Gasteiger partial charge in [0.25, 0.3) is 11.8 Å². The SMILES string of the molecule is CC(OC(=O)c1ccccc1NC(=O)c1ccco1)C(=O)Nc1ccc(Cl)cc1Cl. The van der Waals surface area contributed by atoms with Gasteiger partial charge in [-0.1, -0.05) is 35.3 Å². The van der Waals surface area contributed by atoms with Crippen LogP contribution in [0.3, 0.4) is 0 Å². The molecule has 0 bridgehead atoms. The highest BCUT2D eigenvalue weighted by atomic mass is 35.5. The van der Waals surface area contributed by atoms with Gasteiger partial charge in [-0.05, 0) is 49.4 Å². The molecule has 0 aliphatic heterocycles. The van der Waals surface area contributed by atoms with E-state index in [0.717, 1.165) is 0 Å². The molecule has 1 aromatic heterocycles. The summed E-state index contributed by atoms with van der Waals surface area (Å²) >= 11 is 11.9. The van der Waals surface area contributed by atoms with Gasteiger partial charge in [-0.3, -0.25) is 9.59 Å². The third-order valence-electron chi connectivity index (χ3n) is 3.98. The van der Waals surface area contributed by atoms with Crippen LogP contribution in [0.15, 0.2) is 65.3 Å². The van der Waals surface area contributed by atoms with E-state index in [1.54, 1.807) is 24.3 Å². The van der Waals surface area contributed by atoms with E-state index in [9.17, 15) is 14.4 Å². The summed E-state index contributed by atoms with van der Waals surface area (Å²) in [6, 6.07) is 13.9. The fourth-order valence-electron chi connectivity index (χ4n) is 2.46. The average molecular weight is 447 g/mol. The normalized spacial score (nSPS) is 11.4. The lowest BCUT2D eigenvalue weighted by atomic mass is 10.1. The molecule has 2 N–H and O–H groups in total. The number of anilines is 2. The number of furan rings is 1. The molecule has 1 unspecified atom stereocenters. The highest BCUT2D eigenvalue weighted by Gasteiger charge is 2.22. The van der Waals surface area contributed by atoms with Gasteiger partial charge in [-0.25, -0.2) is 4.79 Å². The predicted octanol–water partition coefficient (Wildman–Crippen LogP) is 5.02. The Morgan fingerprint density at radius 2 is 1.73 bits per heavy atom. The lowest BCUT2D eigenvalue weighted by Crippen LogP contribution is -2.30. The maximum Gasteiger partial charge on any atom is 0.341 e. The molecule has 0 saturated heterocycles. The van der Waals surface area contributed by atoms with Crippen molar-refractivity contribution >= 4 is 52.4 Å². The number of para-hydroxylation sites is 1. The number of halogens is 2. The Kier molecular flexibility index (Phi) is 6.76. The molecule has 0 fully saturated rings. The summed E-state index contributed by atoms with van der Waals surface area (Å²) in [5.41, 5.74) is 0.638. The molecule has 2 amide bonds. The van der Waals surface area contributed by atoms with Gasteiger partial charge in [0, 0.05) is 5.02 Å². The Bertz CT molecular complexity index is 1080. The van der Waals surface area contributed by atoms with Crippen molar-refractivity contribution in [2.24, 2.45) is 0 Å². The van der Waals surface area contributed by atoms with Crippen molar-refractivity contribution in [3.05, 3.63) is 82.2 Å². The largest absolute Gasteiger partial charge is 0.459 e. The molecule has 0 aliphatic rings. The van der Waals surface area contributed by atoms with Crippen molar-refractivity contribution in [2.75, 3.05) is 10.6 Å². The summed E-state index contributed by atoms with van der Waals surface area (Å²) < 4.78 is 10.3. The van der Waals surface area contributed by atoms with E-state index in [1.807, 2.05) is 0 Å². The first-order valence-corrected chi connectivity index (χ1v) is 9.51. The maximum absolute atomic E-state index is 12.6. The first kappa shape index (κ1) is 21.4. The Morgan fingerprint density at radius 3 is 2.43 bits per heavy atom. The number of carbonyl (C=O) groups excluding carboxylic acids is 3. The van der Waals surface area contributed by atoms with Crippen LogP contribution in [0.2, 0.25) is 10.0 Å². The van der Waals surface area contributed by atoms with Gasteiger partial charge in [-0.15, -0.1) is 0 Å². The molecule has 7 nitrogen and oxygen atoms in total. The molecule has 30 heavy (non-hydrogen) atoms. The fraction of sp³-hybridized carbons (Fsp3) is 0.0952. The van der Waals surface area contributed by atoms with Crippen LogP contribution in [0, 0.1) is 0 Å². The molecule has 3 rings (SSSR count). The van der Waals surface area contributed by atoms with Crippen molar-refractivity contribution in [1.82, 2.24) is 0 Å². The van der Waals surface area contributed by atoms with Crippen LogP contribution in [0.4, 0.5) is 11.4 Å². The van der Waals surface area contributed by atoms with E-state index in [0.29, 0.717) is 10.7 Å². The second-order valence-electron chi connectivity index (χ2n) is 6.14. The van der Waals surface area contributed by atoms with Gasteiger partial charge in [0.2, 0.25) is 0 Å². The van der Waals surface area contributed by atoms with Crippen LogP contribution in [0.1, 0.15) is 27.8 Å². The summed E-state index contributed by atoms with van der Waals surface area (Å²) in [4.78, 5) is 37.2. The quantitative estimate of drug-likeness (QED) is 0.517. The van der Waals surface area contributed by atoms with Gasteiger partial charge in [-0.2, -0.15) is 0 Å². The van der Waals surface area contributed by atoms with Gasteiger partial charge in [0.05, 0.1) is 28.2 Å². The number of ether oxygens (including phenoxy) is 1. The first-order chi connectivity index (χ1) is 14.3. The van der Waals surface area contributed by atoms with Crippen molar-refractivity contribution in [1.29, 1.82) is 0 Å². The molecule has 0 saturated carbocycles. The molecule has 0 radical (unpaired) electrons. The lowest BCUT2D eigenvalue weighted by molar-refractivity contribution is -0.123. The average Bonchev–Trinajstić information content (AvgIpc) is 3.25. The Labute approximate surface area is 181 Å². The molecule has 9 heteroatoms. The molecule has 3 aromatic rings. The zero-order valence-electron chi connectivity index (χ0n) is 15.6. The summed E-state index contributed by atoms with van der Waals surface area (Å²) in [5.74, 6) is -1.80. The summed E-state index contributed by atoms with van der Waals surface area (Å²) in [6.45, 7) is 1.42. The minimum Gasteiger partial charge on any atom is -0.459 e. The van der Waals surface area contributed by atoms with Crippen LogP contribution < -0.4 is 10.6 Å². The van der Waals surface area contributed by atoms with Crippen molar-refractivity contribution in [3.8, 4) is 0 Å². The van der Waals surface area contributed by atoms with E-state index in [4.69, 9.17) is 32.4 Å². The molecule has 1 heterocycles. The highest BCUT2D eigenvalue weighted by molar-refractivity contribution is 6.36. The highest BCUT2D eigenvalue weighted by Crippen LogP contribution is 2.26. The van der Waals surface area contributed by atoms with E-state index in [-0.39, 0.29) is 22.0 Å². The van der Waals surface area contributed by atoms with Gasteiger partial charge >= 0.3 is 5.97 Å². The number of carbonyl (C=O) groups is 3. The number of benzene rings is 2. The first-order valence-electron chi connectivity index (χ1n) is 8.76. The van der Waals surface area contributed by atoms with Crippen LogP contribution in [0.5, 0.6) is 0 Å². The Hall–Kier alpha value is -3.29. The smallest absolute Gasteiger partial charge is 0.341 e. The number of hydrogen-bond donors (Lipinski definition) is 2. The minimum atomic E-state index is -1.13. The molecular formula is C21H16Cl2N2O5. The Morgan fingerprint density at radius 1 is 0.967 bits per heavy atom. The lowest BCUT2D eigenvalue weighted by Gasteiger charge is -2.16. The second-order valence-corrected chi connectivity index (χ2v) is 6.98. The van der Waals surface area contributed by atoms with E-state index < -0.39 is 23.9 Å². The fourth-order valence-corrected chi connectivity index (χ4v) is 2.92. The number of nitrogens with one attached hydrogen (secondary N) is 2. The van der Waals surface area contributed by atoms with Crippen LogP contribution >= 0.6 is 23.2 Å². The van der Waals surface area contributed by atoms with E-state index >= 15 is 0 Å². The number of rotatable bonds is 6. The van der Waals surface area contributed by atoms with Crippen LogP contribution in [0.25, 0.3) is 0 Å². The molecule has 0 aliphatic carbocycles. The molecule has 2 aromatic carbocycles. The molecule has 154 valence electrons. The second kappa shape index (κ2) is 9.47. The monoisotopic (exact) mass is 446 g/mol. The number of hydrogen-bond acceptors (Lipinski definition) is 5. The minimum absolute atomic E-state index is 0.0848. The van der Waals surface area contributed by atoms with Crippen molar-refractivity contribution < 1.29 is 23.5 Å². The maximum atomic E-state index is 12.6. The summed E-state index contributed by atoms with van der Waals surface area (Å²) in [7, 11) is 0. The summed E-state index contributed by atoms with van der Waals surface area (Å²) in [6.07, 6.45) is 0.237. The number of esters is 1. The van der Waals surface area contributed by atoms with E-state index in [1.165, 1.54) is 43.5 Å². The van der Waals surface area contributed by atoms with Gasteiger partial charge in [0.1, 0.15) is 0 Å². The predicted molar refractivity (Wildman–Crippen MR) is 113 cm³/mol. The third kappa shape index (κ3) is 5.20. The topological polar surface area (TPSA) is 97.6 Å². The summed E-state index contributed by atoms with van der Waals surface area (Å²) in [5, 5.41) is 5.83. The zero-order chi connectivity index (χ0) is 21.7. The van der Waals surface area contributed by atoms with Crippen LogP contribution in [-0.2, 0) is 9.53 Å². The van der Waals surface area contributed by atoms with Crippen LogP contribution in [-0.4, -0.2) is 23.9 Å². The molecule has 1 atom stereocenters. The standard InChI is InChI=1S/C21H16Cl2N2O5/c1-12(19(26)25-17-9-8-13(22)11-15(17)23)30-21(28)14-5-2-3-6-16(14)24-20(27)18-7-4-10-29-18/h2-12H,1H3,(H,24,27)(H,25,26). The zero-order valence-corrected chi connectivity index (χ0v) is 17.2. The number of amides is 2. The van der Waals surface area contributed by atoms with Crippen molar-refractivity contribution in [3.63, 3.8) is 0 Å². The van der Waals surface area contributed by atoms with Gasteiger partial charge < -0.3 is 19.8 Å². The van der Waals surface area contributed by atoms with Crippen molar-refractivity contribution in [2.45, 2.75) is 13.0 Å². The Balaban J connectivity index is 1.68. The molecular weight excluding hydrogens is 431 g/mol. The van der Waals surface area contributed by atoms with E-state index in [2.05, 4.69) is 10.6 Å². The third-order valence-corrected chi connectivity index (χ3v) is 4.53. The van der Waals surface area contributed by atoms with Gasteiger partial charge in [0.15, 0.2) is 11.9 Å². The molecule has 0 spiro atoms.